The number of halogens is 3. The molecular formula is C23H28F3N5O4S. The number of carbonyl (C=O) groups is 2. The molecule has 1 N–H and O–H groups in total. The second kappa shape index (κ2) is 11.2. The zero-order valence-corrected chi connectivity index (χ0v) is 21.0. The van der Waals surface area contributed by atoms with Gasteiger partial charge in [0.05, 0.1) is 24.5 Å². The molecule has 1 aliphatic rings. The minimum atomic E-state index is -4.58. The fraction of sp³-hybridized carbons (Fsp3) is 0.478. The van der Waals surface area contributed by atoms with Crippen molar-refractivity contribution in [2.75, 3.05) is 39.9 Å². The summed E-state index contributed by atoms with van der Waals surface area (Å²) in [5.41, 5.74) is 0.795. The molecule has 1 atom stereocenters. The molecule has 2 aromatic rings. The van der Waals surface area contributed by atoms with Crippen LogP contribution in [0.4, 0.5) is 18.0 Å². The van der Waals surface area contributed by atoms with E-state index in [2.05, 4.69) is 11.6 Å². The van der Waals surface area contributed by atoms with Gasteiger partial charge in [-0.05, 0) is 19.9 Å². The Kier molecular flexibility index (Phi) is 8.56. The van der Waals surface area contributed by atoms with Gasteiger partial charge in [-0.1, -0.05) is 12.7 Å². The molecule has 0 bridgehead atoms. The highest BCUT2D eigenvalue weighted by Gasteiger charge is 2.43. The number of amides is 2. The van der Waals surface area contributed by atoms with Crippen molar-refractivity contribution in [1.29, 1.82) is 0 Å². The lowest BCUT2D eigenvalue weighted by atomic mass is 9.96. The first-order valence-electron chi connectivity index (χ1n) is 11.1. The van der Waals surface area contributed by atoms with Crippen LogP contribution in [-0.2, 0) is 15.1 Å². The topological polar surface area (TPSA) is 96.9 Å². The minimum Gasteiger partial charge on any atom is -0.495 e. The van der Waals surface area contributed by atoms with E-state index < -0.39 is 36.3 Å². The van der Waals surface area contributed by atoms with Crippen molar-refractivity contribution in [1.82, 2.24) is 25.1 Å². The number of methoxy groups -OCH3 is 1. The summed E-state index contributed by atoms with van der Waals surface area (Å²) in [5, 5.41) is 4.49. The van der Waals surface area contributed by atoms with Crippen LogP contribution in [0.15, 0.2) is 36.5 Å². The number of nitrogens with zero attached hydrogens (tertiary/aromatic N) is 4. The molecule has 13 heteroatoms. The lowest BCUT2D eigenvalue weighted by Gasteiger charge is -2.46. The van der Waals surface area contributed by atoms with Crippen LogP contribution in [0.5, 0.6) is 5.75 Å². The smallest absolute Gasteiger partial charge is 0.410 e. The first kappa shape index (κ1) is 27.4. The quantitative estimate of drug-likeness (QED) is 0.526. The number of pyridine rings is 1. The van der Waals surface area contributed by atoms with Gasteiger partial charge in [0.15, 0.2) is 0 Å². The van der Waals surface area contributed by atoms with Gasteiger partial charge in [-0.25, -0.2) is 9.78 Å². The molecule has 3 rings (SSSR count). The molecule has 0 spiro atoms. The highest BCUT2D eigenvalue weighted by Crippen LogP contribution is 2.34. The number of alkyl halides is 3. The van der Waals surface area contributed by atoms with Gasteiger partial charge in [0.25, 0.3) is 0 Å². The van der Waals surface area contributed by atoms with E-state index in [1.165, 1.54) is 17.4 Å². The van der Waals surface area contributed by atoms with E-state index in [9.17, 15) is 22.8 Å². The van der Waals surface area contributed by atoms with Gasteiger partial charge in [0, 0.05) is 36.8 Å². The van der Waals surface area contributed by atoms with Gasteiger partial charge in [-0.2, -0.15) is 13.2 Å². The molecule has 196 valence electrons. The lowest BCUT2D eigenvalue weighted by molar-refractivity contribution is -0.143. The first-order chi connectivity index (χ1) is 17.0. The number of nitrogens with one attached hydrogen (secondary N) is 1. The molecule has 0 aliphatic carbocycles. The van der Waals surface area contributed by atoms with E-state index in [0.717, 1.165) is 15.5 Å². The lowest BCUT2D eigenvalue weighted by Crippen LogP contribution is -2.64. The van der Waals surface area contributed by atoms with Crippen LogP contribution in [0.2, 0.25) is 0 Å². The monoisotopic (exact) mass is 527 g/mol. The summed E-state index contributed by atoms with van der Waals surface area (Å²) in [6, 6.07) is 0.635. The van der Waals surface area contributed by atoms with Crippen LogP contribution in [0.1, 0.15) is 19.5 Å². The third-order valence-electron chi connectivity index (χ3n) is 5.82. The summed E-state index contributed by atoms with van der Waals surface area (Å²) < 4.78 is 48.4. The van der Waals surface area contributed by atoms with Crippen LogP contribution in [0.3, 0.4) is 0 Å². The van der Waals surface area contributed by atoms with Gasteiger partial charge < -0.3 is 14.8 Å². The van der Waals surface area contributed by atoms with E-state index in [-0.39, 0.29) is 19.7 Å². The SMILES string of the molecule is C=CCOC(=O)N1CCN(C(C)(C)c2csc(-c3cncc(OC)c3)n2)C[C@H]1C(=O)NCC(F)(F)F. The number of aromatic nitrogens is 2. The highest BCUT2D eigenvalue weighted by atomic mass is 32.1. The van der Waals surface area contributed by atoms with Crippen LogP contribution in [0, 0.1) is 0 Å². The molecular weight excluding hydrogens is 499 g/mol. The average Bonchev–Trinajstić information content (AvgIpc) is 3.36. The van der Waals surface area contributed by atoms with Crippen molar-refractivity contribution >= 4 is 23.3 Å². The Morgan fingerprint density at radius 3 is 2.72 bits per heavy atom. The average molecular weight is 528 g/mol. The molecule has 0 saturated carbocycles. The highest BCUT2D eigenvalue weighted by molar-refractivity contribution is 7.13. The predicted octanol–water partition coefficient (Wildman–Crippen LogP) is 3.44. The Hall–Kier alpha value is -3.19. The number of piperazine rings is 1. The van der Waals surface area contributed by atoms with Gasteiger partial charge in [-0.15, -0.1) is 11.3 Å². The van der Waals surface area contributed by atoms with E-state index in [1.807, 2.05) is 35.5 Å². The Morgan fingerprint density at radius 2 is 2.06 bits per heavy atom. The number of hydrogen-bond donors (Lipinski definition) is 1. The summed E-state index contributed by atoms with van der Waals surface area (Å²) in [4.78, 5) is 37.2. The number of carbonyl (C=O) groups excluding carboxylic acids is 2. The number of hydrogen-bond acceptors (Lipinski definition) is 8. The van der Waals surface area contributed by atoms with Crippen LogP contribution >= 0.6 is 11.3 Å². The molecule has 0 aromatic carbocycles. The zero-order chi connectivity index (χ0) is 26.5. The maximum absolute atomic E-state index is 12.8. The molecule has 1 saturated heterocycles. The largest absolute Gasteiger partial charge is 0.495 e. The maximum atomic E-state index is 12.8. The fourth-order valence-corrected chi connectivity index (χ4v) is 4.71. The minimum absolute atomic E-state index is 0.00649. The van der Waals surface area contributed by atoms with Crippen LogP contribution in [0.25, 0.3) is 10.6 Å². The maximum Gasteiger partial charge on any atom is 0.410 e. The van der Waals surface area contributed by atoms with Crippen molar-refractivity contribution in [3.05, 3.63) is 42.2 Å². The Bertz CT molecular complexity index is 1090. The predicted molar refractivity (Wildman–Crippen MR) is 128 cm³/mol. The Labute approximate surface area is 210 Å². The molecule has 2 aromatic heterocycles. The number of rotatable bonds is 8. The molecule has 0 unspecified atom stereocenters. The summed E-state index contributed by atoms with van der Waals surface area (Å²) in [5.74, 6) is -0.319. The van der Waals surface area contributed by atoms with Crippen LogP contribution in [-0.4, -0.2) is 83.9 Å². The molecule has 36 heavy (non-hydrogen) atoms. The van der Waals surface area contributed by atoms with Gasteiger partial charge in [0.2, 0.25) is 5.91 Å². The molecule has 9 nitrogen and oxygen atoms in total. The van der Waals surface area contributed by atoms with Crippen LogP contribution < -0.4 is 10.1 Å². The van der Waals surface area contributed by atoms with Gasteiger partial charge >= 0.3 is 12.3 Å². The molecule has 0 radical (unpaired) electrons. The van der Waals surface area contributed by atoms with Crippen molar-refractivity contribution in [3.8, 4) is 16.3 Å². The molecule has 1 fully saturated rings. The zero-order valence-electron chi connectivity index (χ0n) is 20.2. The molecule has 1 aliphatic heterocycles. The Balaban J connectivity index is 1.82. The standard InChI is InChI=1S/C23H28F3N5O4S/c1-5-8-35-21(33)31-7-6-30(12-17(31)19(32)28-14-23(24,25)26)22(2,3)18-13-36-20(29-18)15-9-16(34-4)11-27-10-15/h5,9-11,13,17H,1,6-8,12,14H2,2-4H3,(H,28,32)/t17-/m0/s1. The summed E-state index contributed by atoms with van der Waals surface area (Å²) in [6.45, 7) is 6.15. The second-order valence-corrected chi connectivity index (χ2v) is 9.42. The third kappa shape index (κ3) is 6.52. The van der Waals surface area contributed by atoms with Crippen molar-refractivity contribution in [2.24, 2.45) is 0 Å². The normalized spacial score (nSPS) is 16.9. The Morgan fingerprint density at radius 1 is 1.31 bits per heavy atom. The summed E-state index contributed by atoms with van der Waals surface area (Å²) >= 11 is 1.41. The molecule has 2 amide bonds. The molecule has 3 heterocycles. The van der Waals surface area contributed by atoms with Crippen molar-refractivity contribution < 1.29 is 32.2 Å². The second-order valence-electron chi connectivity index (χ2n) is 8.56. The van der Waals surface area contributed by atoms with Crippen molar-refractivity contribution in [2.45, 2.75) is 31.6 Å². The number of thiazole rings is 1. The fourth-order valence-electron chi connectivity index (χ4n) is 3.75. The number of ether oxygens (including phenoxy) is 2. The van der Waals surface area contributed by atoms with E-state index in [4.69, 9.17) is 14.5 Å². The summed E-state index contributed by atoms with van der Waals surface area (Å²) in [6.07, 6.45) is -0.740. The van der Waals surface area contributed by atoms with E-state index in [1.54, 1.807) is 19.5 Å². The summed E-state index contributed by atoms with van der Waals surface area (Å²) in [7, 11) is 1.55. The van der Waals surface area contributed by atoms with Crippen molar-refractivity contribution in [3.63, 3.8) is 0 Å². The van der Waals surface area contributed by atoms with E-state index in [0.29, 0.717) is 18.0 Å². The van der Waals surface area contributed by atoms with Gasteiger partial charge in [-0.3, -0.25) is 19.6 Å². The van der Waals surface area contributed by atoms with Gasteiger partial charge in [0.1, 0.15) is 30.0 Å². The third-order valence-corrected chi connectivity index (χ3v) is 6.71. The first-order valence-corrected chi connectivity index (χ1v) is 11.9. The van der Waals surface area contributed by atoms with E-state index >= 15 is 0 Å².